The predicted octanol–water partition coefficient (Wildman–Crippen LogP) is 3.43. The number of carbonyl (C=O) groups is 1. The van der Waals surface area contributed by atoms with Crippen LogP contribution in [0.3, 0.4) is 0 Å². The van der Waals surface area contributed by atoms with Crippen molar-refractivity contribution in [3.63, 3.8) is 0 Å². The van der Waals surface area contributed by atoms with E-state index in [2.05, 4.69) is 16.4 Å². The summed E-state index contributed by atoms with van der Waals surface area (Å²) in [6.45, 7) is 5.10. The molecule has 2 aromatic heterocycles. The van der Waals surface area contributed by atoms with Crippen LogP contribution in [0.25, 0.3) is 5.69 Å². The van der Waals surface area contributed by atoms with Crippen LogP contribution in [-0.2, 0) is 6.42 Å². The zero-order valence-corrected chi connectivity index (χ0v) is 18.6. The first-order valence-corrected chi connectivity index (χ1v) is 11.0. The SMILES string of the molecule is Cc1cc(=O)c(C(=O)NC(C)(C)CO)c2n1-c1ccccc1SC(c1cccnc1)C2. The number of fused-ring (bicyclic) bond motifs is 3. The molecule has 0 radical (unpaired) electrons. The highest BCUT2D eigenvalue weighted by atomic mass is 32.2. The molecule has 160 valence electrons. The molecule has 31 heavy (non-hydrogen) atoms. The quantitative estimate of drug-likeness (QED) is 0.656. The van der Waals surface area contributed by atoms with Gasteiger partial charge in [0.25, 0.3) is 5.91 Å². The Balaban J connectivity index is 1.95. The van der Waals surface area contributed by atoms with Crippen LogP contribution in [0.2, 0.25) is 0 Å². The summed E-state index contributed by atoms with van der Waals surface area (Å²) in [5, 5.41) is 12.4. The summed E-state index contributed by atoms with van der Waals surface area (Å²) in [4.78, 5) is 31.6. The Morgan fingerprint density at radius 3 is 2.77 bits per heavy atom. The number of aryl methyl sites for hydroxylation is 1. The number of nitrogens with one attached hydrogen (secondary N) is 1. The molecule has 4 rings (SSSR count). The van der Waals surface area contributed by atoms with Crippen LogP contribution in [0, 0.1) is 6.92 Å². The number of aliphatic hydroxyl groups is 1. The van der Waals surface area contributed by atoms with Crippen LogP contribution in [0.5, 0.6) is 0 Å². The summed E-state index contributed by atoms with van der Waals surface area (Å²) in [7, 11) is 0. The second kappa shape index (κ2) is 8.32. The maximum atomic E-state index is 13.2. The third kappa shape index (κ3) is 4.16. The standard InChI is InChI=1S/C24H25N3O3S/c1-15-11-19(29)22(23(30)26-24(2,3)14-28)18-12-21(16-7-6-10-25-13-16)31-20-9-5-4-8-17(20)27(15)18/h4-11,13,21,28H,12,14H2,1-3H3,(H,26,30). The average Bonchev–Trinajstić information content (AvgIpc) is 2.91. The highest BCUT2D eigenvalue weighted by Gasteiger charge is 2.31. The number of hydrogen-bond donors (Lipinski definition) is 2. The number of amides is 1. The van der Waals surface area contributed by atoms with Crippen molar-refractivity contribution in [2.75, 3.05) is 6.61 Å². The minimum absolute atomic E-state index is 0.0118. The number of aliphatic hydroxyl groups excluding tert-OH is 1. The highest BCUT2D eigenvalue weighted by molar-refractivity contribution is 7.99. The van der Waals surface area contributed by atoms with Crippen molar-refractivity contribution in [1.29, 1.82) is 0 Å². The second-order valence-electron chi connectivity index (χ2n) is 8.37. The number of nitrogens with zero attached hydrogens (tertiary/aromatic N) is 2. The Hall–Kier alpha value is -2.90. The molecule has 3 heterocycles. The lowest BCUT2D eigenvalue weighted by atomic mass is 10.0. The molecule has 1 aliphatic rings. The molecule has 6 nitrogen and oxygen atoms in total. The fourth-order valence-electron chi connectivity index (χ4n) is 3.84. The zero-order chi connectivity index (χ0) is 22.2. The molecule has 1 amide bonds. The fourth-order valence-corrected chi connectivity index (χ4v) is 5.10. The van der Waals surface area contributed by atoms with Gasteiger partial charge in [0.1, 0.15) is 5.56 Å². The lowest BCUT2D eigenvalue weighted by molar-refractivity contribution is 0.0866. The summed E-state index contributed by atoms with van der Waals surface area (Å²) < 4.78 is 2.01. The van der Waals surface area contributed by atoms with Gasteiger partial charge in [0.15, 0.2) is 5.43 Å². The van der Waals surface area contributed by atoms with Gasteiger partial charge in [-0.05, 0) is 44.5 Å². The van der Waals surface area contributed by atoms with Crippen LogP contribution in [0.15, 0.2) is 64.5 Å². The first-order valence-electron chi connectivity index (χ1n) is 10.2. The van der Waals surface area contributed by atoms with Gasteiger partial charge in [-0.25, -0.2) is 0 Å². The Morgan fingerprint density at radius 2 is 2.06 bits per heavy atom. The molecule has 0 saturated carbocycles. The molecule has 1 atom stereocenters. The normalized spacial score (nSPS) is 15.5. The number of benzene rings is 1. The molecular weight excluding hydrogens is 410 g/mol. The summed E-state index contributed by atoms with van der Waals surface area (Å²) in [5.74, 6) is -0.470. The second-order valence-corrected chi connectivity index (χ2v) is 9.61. The van der Waals surface area contributed by atoms with Gasteiger partial charge in [-0.2, -0.15) is 0 Å². The monoisotopic (exact) mass is 435 g/mol. The van der Waals surface area contributed by atoms with Crippen LogP contribution in [0.4, 0.5) is 0 Å². The minimum atomic E-state index is -0.841. The number of thioether (sulfide) groups is 1. The number of pyridine rings is 2. The van der Waals surface area contributed by atoms with Crippen molar-refractivity contribution in [2.45, 2.75) is 42.9 Å². The van der Waals surface area contributed by atoms with E-state index in [0.29, 0.717) is 12.1 Å². The van der Waals surface area contributed by atoms with Crippen molar-refractivity contribution in [1.82, 2.24) is 14.9 Å². The van der Waals surface area contributed by atoms with Gasteiger partial charge in [0.2, 0.25) is 0 Å². The Morgan fingerprint density at radius 1 is 1.29 bits per heavy atom. The summed E-state index contributed by atoms with van der Waals surface area (Å²) in [6.07, 6.45) is 4.06. The van der Waals surface area contributed by atoms with Gasteiger partial charge in [-0.3, -0.25) is 14.6 Å². The number of hydrogen-bond acceptors (Lipinski definition) is 5. The molecule has 0 fully saturated rings. The van der Waals surface area contributed by atoms with Gasteiger partial charge >= 0.3 is 0 Å². The number of aromatic nitrogens is 2. The van der Waals surface area contributed by atoms with Crippen LogP contribution >= 0.6 is 11.8 Å². The Bertz CT molecular complexity index is 1190. The average molecular weight is 436 g/mol. The number of rotatable bonds is 4. The fraction of sp³-hybridized carbons (Fsp3) is 0.292. The number of para-hydroxylation sites is 1. The molecule has 1 aliphatic heterocycles. The maximum absolute atomic E-state index is 13.2. The van der Waals surface area contributed by atoms with Crippen LogP contribution in [0.1, 0.15) is 46.4 Å². The van der Waals surface area contributed by atoms with E-state index in [0.717, 1.165) is 21.8 Å². The summed E-state index contributed by atoms with van der Waals surface area (Å²) in [6, 6.07) is 13.4. The van der Waals surface area contributed by atoms with E-state index in [9.17, 15) is 14.7 Å². The maximum Gasteiger partial charge on any atom is 0.257 e. The predicted molar refractivity (Wildman–Crippen MR) is 122 cm³/mol. The van der Waals surface area contributed by atoms with E-state index >= 15 is 0 Å². The first kappa shape index (κ1) is 21.3. The highest BCUT2D eigenvalue weighted by Crippen LogP contribution is 2.44. The lowest BCUT2D eigenvalue weighted by Crippen LogP contribution is -2.48. The number of carbonyl (C=O) groups excluding carboxylic acids is 1. The largest absolute Gasteiger partial charge is 0.394 e. The minimum Gasteiger partial charge on any atom is -0.394 e. The Labute approximate surface area is 185 Å². The molecule has 0 aliphatic carbocycles. The topological polar surface area (TPSA) is 84.2 Å². The summed E-state index contributed by atoms with van der Waals surface area (Å²) in [5.41, 5.74) is 2.39. The molecule has 0 bridgehead atoms. The van der Waals surface area contributed by atoms with Crippen LogP contribution in [-0.4, -0.2) is 32.7 Å². The summed E-state index contributed by atoms with van der Waals surface area (Å²) >= 11 is 1.71. The zero-order valence-electron chi connectivity index (χ0n) is 17.8. The van der Waals surface area contributed by atoms with Gasteiger partial charge in [-0.1, -0.05) is 18.2 Å². The van der Waals surface area contributed by atoms with Crippen molar-refractivity contribution >= 4 is 17.7 Å². The van der Waals surface area contributed by atoms with Gasteiger partial charge in [0.05, 0.1) is 17.8 Å². The molecule has 1 unspecified atom stereocenters. The lowest BCUT2D eigenvalue weighted by Gasteiger charge is -2.25. The van der Waals surface area contributed by atoms with E-state index in [1.54, 1.807) is 31.8 Å². The van der Waals surface area contributed by atoms with Crippen molar-refractivity contribution in [2.24, 2.45) is 0 Å². The molecule has 1 aromatic carbocycles. The smallest absolute Gasteiger partial charge is 0.257 e. The molecule has 3 aromatic rings. The first-order chi connectivity index (χ1) is 14.8. The third-order valence-electron chi connectivity index (χ3n) is 5.38. The van der Waals surface area contributed by atoms with E-state index in [-0.39, 0.29) is 22.8 Å². The molecule has 2 N–H and O–H groups in total. The van der Waals surface area contributed by atoms with E-state index < -0.39 is 11.4 Å². The van der Waals surface area contributed by atoms with Crippen molar-refractivity contribution in [3.05, 3.63) is 87.6 Å². The van der Waals surface area contributed by atoms with Gasteiger partial charge in [-0.15, -0.1) is 11.8 Å². The molecular formula is C24H25N3O3S. The van der Waals surface area contributed by atoms with Crippen molar-refractivity contribution in [3.8, 4) is 5.69 Å². The molecule has 0 saturated heterocycles. The van der Waals surface area contributed by atoms with Gasteiger partial charge < -0.3 is 15.0 Å². The van der Waals surface area contributed by atoms with Crippen molar-refractivity contribution < 1.29 is 9.90 Å². The van der Waals surface area contributed by atoms with E-state index in [1.165, 1.54) is 6.07 Å². The third-order valence-corrected chi connectivity index (χ3v) is 6.70. The van der Waals surface area contributed by atoms with E-state index in [1.807, 2.05) is 48.0 Å². The van der Waals surface area contributed by atoms with Gasteiger partial charge in [0, 0.05) is 46.4 Å². The Kier molecular flexibility index (Phi) is 5.73. The van der Waals surface area contributed by atoms with Crippen LogP contribution < -0.4 is 10.7 Å². The molecule has 0 spiro atoms. The molecule has 7 heteroatoms. The van der Waals surface area contributed by atoms with E-state index in [4.69, 9.17) is 0 Å².